The van der Waals surface area contributed by atoms with Gasteiger partial charge in [0.15, 0.2) is 5.82 Å². The van der Waals surface area contributed by atoms with Crippen molar-refractivity contribution >= 4 is 5.91 Å². The minimum absolute atomic E-state index is 0.131. The fraction of sp³-hybridized carbons (Fsp3) is 0.0952. The van der Waals surface area contributed by atoms with Gasteiger partial charge >= 0.3 is 0 Å². The molecule has 0 spiro atoms. The Morgan fingerprint density at radius 1 is 1.00 bits per heavy atom. The third-order valence-electron chi connectivity index (χ3n) is 4.29. The van der Waals surface area contributed by atoms with Crippen LogP contribution in [0.5, 0.6) is 0 Å². The SMILES string of the molecule is CN(Cc1ccc(-n2cccn2)cc1)C(=O)c1cnc(-c2cccnc2)nc1. The zero-order chi connectivity index (χ0) is 19.3. The van der Waals surface area contributed by atoms with Crippen LogP contribution in [0.1, 0.15) is 15.9 Å². The van der Waals surface area contributed by atoms with Gasteiger partial charge < -0.3 is 4.90 Å². The van der Waals surface area contributed by atoms with E-state index in [0.29, 0.717) is 17.9 Å². The van der Waals surface area contributed by atoms with E-state index >= 15 is 0 Å². The average molecular weight is 370 g/mol. The summed E-state index contributed by atoms with van der Waals surface area (Å²) in [7, 11) is 1.76. The highest BCUT2D eigenvalue weighted by Crippen LogP contribution is 2.14. The largest absolute Gasteiger partial charge is 0.337 e. The summed E-state index contributed by atoms with van der Waals surface area (Å²) in [5.41, 5.74) is 3.26. The lowest BCUT2D eigenvalue weighted by Crippen LogP contribution is -2.26. The van der Waals surface area contributed by atoms with Crippen molar-refractivity contribution in [3.8, 4) is 17.1 Å². The Bertz CT molecular complexity index is 1040. The summed E-state index contributed by atoms with van der Waals surface area (Å²) < 4.78 is 1.79. The van der Waals surface area contributed by atoms with Gasteiger partial charge in [0.25, 0.3) is 5.91 Å². The van der Waals surface area contributed by atoms with Gasteiger partial charge in [-0.25, -0.2) is 14.6 Å². The molecule has 0 aliphatic heterocycles. The average Bonchev–Trinajstić information content (AvgIpc) is 3.29. The summed E-state index contributed by atoms with van der Waals surface area (Å²) in [6.07, 6.45) is 10.1. The first-order chi connectivity index (χ1) is 13.7. The van der Waals surface area contributed by atoms with Crippen LogP contribution in [0, 0.1) is 0 Å². The molecule has 0 atom stereocenters. The zero-order valence-electron chi connectivity index (χ0n) is 15.3. The molecule has 138 valence electrons. The molecule has 7 heteroatoms. The van der Waals surface area contributed by atoms with Gasteiger partial charge in [-0.05, 0) is 35.9 Å². The molecule has 0 N–H and O–H groups in total. The van der Waals surface area contributed by atoms with Crippen molar-refractivity contribution in [3.63, 3.8) is 0 Å². The number of hydrogen-bond donors (Lipinski definition) is 0. The van der Waals surface area contributed by atoms with Gasteiger partial charge in [-0.1, -0.05) is 12.1 Å². The Labute approximate surface area is 162 Å². The van der Waals surface area contributed by atoms with Crippen LogP contribution in [-0.4, -0.2) is 42.6 Å². The minimum atomic E-state index is -0.131. The number of carbonyl (C=O) groups excluding carboxylic acids is 1. The van der Waals surface area contributed by atoms with Crippen molar-refractivity contribution in [3.05, 3.63) is 90.8 Å². The van der Waals surface area contributed by atoms with Crippen molar-refractivity contribution in [2.75, 3.05) is 7.05 Å². The van der Waals surface area contributed by atoms with Crippen LogP contribution in [-0.2, 0) is 6.54 Å². The van der Waals surface area contributed by atoms with E-state index in [9.17, 15) is 4.79 Å². The van der Waals surface area contributed by atoms with E-state index in [1.54, 1.807) is 47.6 Å². The highest BCUT2D eigenvalue weighted by Gasteiger charge is 2.14. The number of benzene rings is 1. The first-order valence-electron chi connectivity index (χ1n) is 8.77. The molecule has 0 saturated heterocycles. The monoisotopic (exact) mass is 370 g/mol. The van der Waals surface area contributed by atoms with E-state index in [2.05, 4.69) is 20.1 Å². The molecule has 0 aliphatic rings. The first kappa shape index (κ1) is 17.5. The summed E-state index contributed by atoms with van der Waals surface area (Å²) in [4.78, 5) is 27.0. The van der Waals surface area contributed by atoms with Gasteiger partial charge in [-0.2, -0.15) is 5.10 Å². The van der Waals surface area contributed by atoms with Crippen LogP contribution in [0.15, 0.2) is 79.6 Å². The summed E-state index contributed by atoms with van der Waals surface area (Å²) in [6.45, 7) is 0.489. The molecule has 1 amide bonds. The standard InChI is InChI=1S/C21H18N6O/c1-26(15-16-5-7-19(8-6-16)27-11-3-10-25-27)21(28)18-13-23-20(24-14-18)17-4-2-9-22-12-17/h2-14H,15H2,1H3. The summed E-state index contributed by atoms with van der Waals surface area (Å²) >= 11 is 0. The van der Waals surface area contributed by atoms with Crippen LogP contribution in [0.4, 0.5) is 0 Å². The van der Waals surface area contributed by atoms with Crippen molar-refractivity contribution in [2.45, 2.75) is 6.54 Å². The molecular weight excluding hydrogens is 352 g/mol. The number of carbonyl (C=O) groups is 1. The third-order valence-corrected chi connectivity index (χ3v) is 4.29. The number of hydrogen-bond acceptors (Lipinski definition) is 5. The molecule has 28 heavy (non-hydrogen) atoms. The fourth-order valence-electron chi connectivity index (χ4n) is 2.82. The lowest BCUT2D eigenvalue weighted by atomic mass is 10.2. The van der Waals surface area contributed by atoms with Crippen molar-refractivity contribution in [1.82, 2.24) is 29.6 Å². The molecule has 0 radical (unpaired) electrons. The Kier molecular flexibility index (Phi) is 4.88. The van der Waals surface area contributed by atoms with Gasteiger partial charge in [0.2, 0.25) is 0 Å². The molecule has 0 fully saturated rings. The first-order valence-corrected chi connectivity index (χ1v) is 8.77. The number of rotatable bonds is 5. The molecule has 1 aromatic carbocycles. The minimum Gasteiger partial charge on any atom is -0.337 e. The lowest BCUT2D eigenvalue weighted by Gasteiger charge is -2.17. The molecule has 0 saturated carbocycles. The molecule has 0 bridgehead atoms. The molecular formula is C21H18N6O. The Morgan fingerprint density at radius 3 is 2.43 bits per heavy atom. The van der Waals surface area contributed by atoms with E-state index in [4.69, 9.17) is 0 Å². The summed E-state index contributed by atoms with van der Waals surface area (Å²) in [5.74, 6) is 0.412. The lowest BCUT2D eigenvalue weighted by molar-refractivity contribution is 0.0784. The molecule has 0 unspecified atom stereocenters. The fourth-order valence-corrected chi connectivity index (χ4v) is 2.82. The van der Waals surface area contributed by atoms with Crippen LogP contribution in [0.25, 0.3) is 17.1 Å². The Balaban J connectivity index is 1.43. The van der Waals surface area contributed by atoms with E-state index in [1.165, 1.54) is 0 Å². The normalized spacial score (nSPS) is 10.6. The van der Waals surface area contributed by atoms with Crippen molar-refractivity contribution < 1.29 is 4.79 Å². The summed E-state index contributed by atoms with van der Waals surface area (Å²) in [5, 5.41) is 4.21. The molecule has 3 aromatic heterocycles. The van der Waals surface area contributed by atoms with Crippen molar-refractivity contribution in [1.29, 1.82) is 0 Å². The van der Waals surface area contributed by atoms with Gasteiger partial charge in [0, 0.05) is 56.3 Å². The van der Waals surface area contributed by atoms with Gasteiger partial charge in [0.05, 0.1) is 11.3 Å². The second-order valence-corrected chi connectivity index (χ2v) is 6.32. The number of nitrogens with zero attached hydrogens (tertiary/aromatic N) is 6. The van der Waals surface area contributed by atoms with Gasteiger partial charge in [-0.15, -0.1) is 0 Å². The predicted molar refractivity (Wildman–Crippen MR) is 105 cm³/mol. The van der Waals surface area contributed by atoms with Crippen LogP contribution < -0.4 is 0 Å². The van der Waals surface area contributed by atoms with Crippen LogP contribution in [0.3, 0.4) is 0 Å². The Hall–Kier alpha value is -3.87. The maximum atomic E-state index is 12.7. The molecule has 0 aliphatic carbocycles. The van der Waals surface area contributed by atoms with Gasteiger partial charge in [0.1, 0.15) is 0 Å². The maximum absolute atomic E-state index is 12.7. The summed E-state index contributed by atoms with van der Waals surface area (Å²) in [6, 6.07) is 13.5. The molecule has 3 heterocycles. The Morgan fingerprint density at radius 2 is 1.79 bits per heavy atom. The van der Waals surface area contributed by atoms with E-state index in [-0.39, 0.29) is 5.91 Å². The predicted octanol–water partition coefficient (Wildman–Crippen LogP) is 3.00. The number of amides is 1. The van der Waals surface area contributed by atoms with Crippen LogP contribution >= 0.6 is 0 Å². The number of pyridine rings is 1. The van der Waals surface area contributed by atoms with E-state index in [1.807, 2.05) is 48.7 Å². The highest BCUT2D eigenvalue weighted by molar-refractivity contribution is 5.93. The molecule has 4 rings (SSSR count). The van der Waals surface area contributed by atoms with Crippen LogP contribution in [0.2, 0.25) is 0 Å². The van der Waals surface area contributed by atoms with E-state index in [0.717, 1.165) is 16.8 Å². The van der Waals surface area contributed by atoms with Crippen molar-refractivity contribution in [2.24, 2.45) is 0 Å². The highest BCUT2D eigenvalue weighted by atomic mass is 16.2. The third kappa shape index (κ3) is 3.78. The molecule has 7 nitrogen and oxygen atoms in total. The van der Waals surface area contributed by atoms with E-state index < -0.39 is 0 Å². The maximum Gasteiger partial charge on any atom is 0.257 e. The second-order valence-electron chi connectivity index (χ2n) is 6.32. The topological polar surface area (TPSA) is 76.8 Å². The quantitative estimate of drug-likeness (QED) is 0.540. The zero-order valence-corrected chi connectivity index (χ0v) is 15.3. The number of aromatic nitrogens is 5. The smallest absolute Gasteiger partial charge is 0.257 e. The van der Waals surface area contributed by atoms with Gasteiger partial charge in [-0.3, -0.25) is 9.78 Å². The second kappa shape index (κ2) is 7.79. The molecule has 4 aromatic rings.